The van der Waals surface area contributed by atoms with E-state index in [1.165, 1.54) is 51.4 Å². The maximum absolute atomic E-state index is 6.99. The molecule has 4 fully saturated rings. The predicted octanol–water partition coefficient (Wildman–Crippen LogP) is 8.11. The summed E-state index contributed by atoms with van der Waals surface area (Å²) in [5.74, 6) is 4.40. The van der Waals surface area contributed by atoms with Gasteiger partial charge in [0.2, 0.25) is 0 Å². The fourth-order valence-electron chi connectivity index (χ4n) is 9.28. The highest BCUT2D eigenvalue weighted by atomic mass is 28.4. The Morgan fingerprint density at radius 3 is 2.00 bits per heavy atom. The van der Waals surface area contributed by atoms with Crippen LogP contribution in [0.5, 0.6) is 0 Å². The molecular weight excluding hydrogens is 412 g/mol. The Bertz CT molecular complexity index is 682. The van der Waals surface area contributed by atoms with Crippen molar-refractivity contribution in [2.24, 2.45) is 40.4 Å². The summed E-state index contributed by atoms with van der Waals surface area (Å²) in [5, 5.41) is 0. The van der Waals surface area contributed by atoms with E-state index in [9.17, 15) is 0 Å². The van der Waals surface area contributed by atoms with Gasteiger partial charge >= 0.3 is 0 Å². The van der Waals surface area contributed by atoms with Gasteiger partial charge < -0.3 is 8.85 Å². The lowest BCUT2D eigenvalue weighted by Gasteiger charge is -2.64. The zero-order valence-electron chi connectivity index (χ0n) is 22.4. The minimum Gasteiger partial charge on any atom is -0.415 e. The molecule has 0 heterocycles. The molecule has 0 amide bonds. The summed E-state index contributed by atoms with van der Waals surface area (Å²) in [6.07, 6.45) is 11.5. The van der Waals surface area contributed by atoms with E-state index in [1.54, 1.807) is 0 Å². The summed E-state index contributed by atoms with van der Waals surface area (Å²) in [5.41, 5.74) is 0.994. The Balaban J connectivity index is 1.57. The normalized spacial score (nSPS) is 50.5. The van der Waals surface area contributed by atoms with Crippen molar-refractivity contribution in [2.45, 2.75) is 130 Å². The number of fused-ring (bicyclic) bond motifs is 5. The van der Waals surface area contributed by atoms with Crippen LogP contribution in [0.25, 0.3) is 0 Å². The van der Waals surface area contributed by atoms with Gasteiger partial charge in [-0.25, -0.2) is 0 Å². The Morgan fingerprint density at radius 2 is 1.39 bits per heavy atom. The lowest BCUT2D eigenvalue weighted by molar-refractivity contribution is -0.165. The average molecular weight is 465 g/mol. The quantitative estimate of drug-likeness (QED) is 0.391. The molecule has 0 aromatic rings. The van der Waals surface area contributed by atoms with E-state index >= 15 is 0 Å². The van der Waals surface area contributed by atoms with Crippen molar-refractivity contribution in [1.29, 1.82) is 0 Å². The van der Waals surface area contributed by atoms with Crippen molar-refractivity contribution in [3.63, 3.8) is 0 Å². The molecule has 4 aliphatic rings. The molecule has 4 rings (SSSR count). The average Bonchev–Trinajstić information content (AvgIpc) is 2.84. The second-order valence-electron chi connectivity index (χ2n) is 14.8. The van der Waals surface area contributed by atoms with Gasteiger partial charge in [0.15, 0.2) is 16.6 Å². The summed E-state index contributed by atoms with van der Waals surface area (Å²) in [7, 11) is -3.01. The summed E-state index contributed by atoms with van der Waals surface area (Å²) < 4.78 is 13.6. The zero-order chi connectivity index (χ0) is 23.0. The van der Waals surface area contributed by atoms with E-state index in [-0.39, 0.29) is 5.60 Å². The van der Waals surface area contributed by atoms with Gasteiger partial charge in [-0.15, -0.1) is 0 Å². The van der Waals surface area contributed by atoms with Gasteiger partial charge in [-0.2, -0.15) is 0 Å². The summed E-state index contributed by atoms with van der Waals surface area (Å²) in [4.78, 5) is 0. The fraction of sp³-hybridized carbons (Fsp3) is 1.00. The lowest BCUT2D eigenvalue weighted by Crippen LogP contribution is -2.60. The van der Waals surface area contributed by atoms with Crippen LogP contribution in [0.1, 0.15) is 79.1 Å². The molecule has 0 aliphatic heterocycles. The molecule has 0 aromatic heterocycles. The molecule has 0 saturated heterocycles. The zero-order valence-corrected chi connectivity index (χ0v) is 24.4. The van der Waals surface area contributed by atoms with Gasteiger partial charge in [0.05, 0.1) is 5.60 Å². The van der Waals surface area contributed by atoms with Crippen LogP contribution in [0.15, 0.2) is 0 Å². The van der Waals surface area contributed by atoms with E-state index in [0.717, 1.165) is 29.6 Å². The molecule has 4 saturated carbocycles. The Kier molecular flexibility index (Phi) is 6.06. The molecule has 4 heteroatoms. The van der Waals surface area contributed by atoms with E-state index in [0.29, 0.717) is 16.9 Å². The molecule has 9 atom stereocenters. The Morgan fingerprint density at radius 1 is 0.742 bits per heavy atom. The molecule has 2 nitrogen and oxygen atoms in total. The summed E-state index contributed by atoms with van der Waals surface area (Å²) in [6.45, 7) is 24.7. The highest BCUT2D eigenvalue weighted by Gasteiger charge is 2.65. The van der Waals surface area contributed by atoms with Crippen molar-refractivity contribution in [3.8, 4) is 0 Å². The molecular formula is C27H52O2Si2. The number of hydrogen-bond donors (Lipinski definition) is 0. The standard InChI is InChI=1S/C27H52O2Si2/c1-19-17-20-18-21(28-30(5,6)7)11-14-25(20,2)22-12-15-26(3)23(24(19)22)13-16-27(26,4)29-31(8,9)10/h19-24H,11-18H2,1-10H3/t19-,20-,21-,22?,23?,24?,25?,26?,27+/m1/s1. The third-order valence-corrected chi connectivity index (χ3v) is 12.7. The summed E-state index contributed by atoms with van der Waals surface area (Å²) >= 11 is 0. The van der Waals surface area contributed by atoms with Gasteiger partial charge in [0.25, 0.3) is 0 Å². The first-order valence-electron chi connectivity index (χ1n) is 13.5. The Labute approximate surface area is 195 Å². The monoisotopic (exact) mass is 464 g/mol. The van der Waals surface area contributed by atoms with E-state index in [4.69, 9.17) is 8.85 Å². The number of hydrogen-bond acceptors (Lipinski definition) is 2. The first-order chi connectivity index (χ1) is 14.1. The molecule has 0 spiro atoms. The van der Waals surface area contributed by atoms with Gasteiger partial charge in [-0.1, -0.05) is 20.8 Å². The third kappa shape index (κ3) is 4.19. The van der Waals surface area contributed by atoms with Crippen LogP contribution in [0.3, 0.4) is 0 Å². The smallest absolute Gasteiger partial charge is 0.184 e. The van der Waals surface area contributed by atoms with Gasteiger partial charge in [-0.05, 0) is 138 Å². The molecule has 0 aromatic carbocycles. The Hall–Kier alpha value is 0.354. The van der Waals surface area contributed by atoms with E-state index in [2.05, 4.69) is 67.0 Å². The molecule has 0 N–H and O–H groups in total. The van der Waals surface area contributed by atoms with Crippen LogP contribution < -0.4 is 0 Å². The molecule has 0 bridgehead atoms. The van der Waals surface area contributed by atoms with Gasteiger partial charge in [0, 0.05) is 6.10 Å². The van der Waals surface area contributed by atoms with Gasteiger partial charge in [-0.3, -0.25) is 0 Å². The van der Waals surface area contributed by atoms with Crippen molar-refractivity contribution < 1.29 is 8.85 Å². The summed E-state index contributed by atoms with van der Waals surface area (Å²) in [6, 6.07) is 0. The SMILES string of the molecule is C[C@@H]1C[C@@H]2C[C@H](O[Si](C)(C)C)CCC2(C)C2CCC3(C)C(CC[C@]3(C)O[Si](C)(C)C)C21. The van der Waals surface area contributed by atoms with E-state index < -0.39 is 16.6 Å². The van der Waals surface area contributed by atoms with Crippen molar-refractivity contribution in [3.05, 3.63) is 0 Å². The number of rotatable bonds is 4. The van der Waals surface area contributed by atoms with Crippen LogP contribution >= 0.6 is 0 Å². The molecule has 5 unspecified atom stereocenters. The van der Waals surface area contributed by atoms with Crippen molar-refractivity contribution >= 4 is 16.6 Å². The lowest BCUT2D eigenvalue weighted by atomic mass is 9.42. The van der Waals surface area contributed by atoms with Crippen molar-refractivity contribution in [1.82, 2.24) is 0 Å². The minimum atomic E-state index is -1.56. The maximum Gasteiger partial charge on any atom is 0.184 e. The highest BCUT2D eigenvalue weighted by molar-refractivity contribution is 6.70. The van der Waals surface area contributed by atoms with Crippen LogP contribution in [-0.4, -0.2) is 28.3 Å². The van der Waals surface area contributed by atoms with Crippen LogP contribution in [0.2, 0.25) is 39.3 Å². The van der Waals surface area contributed by atoms with Gasteiger partial charge in [0.1, 0.15) is 0 Å². The van der Waals surface area contributed by atoms with Crippen molar-refractivity contribution in [2.75, 3.05) is 0 Å². The largest absolute Gasteiger partial charge is 0.415 e. The second kappa shape index (κ2) is 7.68. The molecule has 0 radical (unpaired) electrons. The van der Waals surface area contributed by atoms with Crippen LogP contribution in [0.4, 0.5) is 0 Å². The fourth-order valence-corrected chi connectivity index (χ4v) is 12.2. The topological polar surface area (TPSA) is 18.5 Å². The highest BCUT2D eigenvalue weighted by Crippen LogP contribution is 2.70. The predicted molar refractivity (Wildman–Crippen MR) is 137 cm³/mol. The molecule has 180 valence electrons. The third-order valence-electron chi connectivity index (χ3n) is 10.6. The maximum atomic E-state index is 6.99. The van der Waals surface area contributed by atoms with Crippen LogP contribution in [-0.2, 0) is 8.85 Å². The first-order valence-corrected chi connectivity index (χ1v) is 20.3. The minimum absolute atomic E-state index is 0.0907. The first kappa shape index (κ1) is 24.5. The second-order valence-corrected chi connectivity index (χ2v) is 23.7. The molecule has 31 heavy (non-hydrogen) atoms. The van der Waals surface area contributed by atoms with Crippen LogP contribution in [0, 0.1) is 40.4 Å². The van der Waals surface area contributed by atoms with E-state index in [1.807, 2.05) is 0 Å². The molecule has 4 aliphatic carbocycles.